The van der Waals surface area contributed by atoms with Gasteiger partial charge >= 0.3 is 6.09 Å². The van der Waals surface area contributed by atoms with Crippen LogP contribution in [0.4, 0.5) is 4.79 Å². The summed E-state index contributed by atoms with van der Waals surface area (Å²) in [6, 6.07) is 0. The summed E-state index contributed by atoms with van der Waals surface area (Å²) in [5, 5.41) is 3.16. The molecule has 0 atom stereocenters. The first kappa shape index (κ1) is 22.2. The topological polar surface area (TPSA) is 91.3 Å². The third kappa shape index (κ3) is 8.58. The molecule has 0 aromatic carbocycles. The van der Waals surface area contributed by atoms with Crippen molar-refractivity contribution in [1.82, 2.24) is 15.1 Å². The number of halogens is 1. The summed E-state index contributed by atoms with van der Waals surface area (Å²) in [7, 11) is -1.24. The Kier molecular flexibility index (Phi) is 10.5. The summed E-state index contributed by atoms with van der Waals surface area (Å²) in [5.41, 5.74) is 0. The van der Waals surface area contributed by atoms with Gasteiger partial charge in [0, 0.05) is 46.0 Å². The summed E-state index contributed by atoms with van der Waals surface area (Å²) >= 11 is 0. The van der Waals surface area contributed by atoms with Crippen molar-refractivity contribution in [1.29, 1.82) is 0 Å². The maximum atomic E-state index is 11.6. The average molecular weight is 462 g/mol. The van der Waals surface area contributed by atoms with Gasteiger partial charge in [-0.15, -0.1) is 24.0 Å². The molecule has 8 nitrogen and oxygen atoms in total. The van der Waals surface area contributed by atoms with Crippen LogP contribution in [0.5, 0.6) is 0 Å². The van der Waals surface area contributed by atoms with Crippen molar-refractivity contribution in [3.63, 3.8) is 0 Å². The fraction of sp³-hybridized carbons (Fsp3) is 0.846. The van der Waals surface area contributed by atoms with Gasteiger partial charge in [0.2, 0.25) is 0 Å². The second-order valence-electron chi connectivity index (χ2n) is 5.13. The van der Waals surface area contributed by atoms with E-state index in [0.717, 1.165) is 5.96 Å². The van der Waals surface area contributed by atoms with Gasteiger partial charge in [-0.3, -0.25) is 4.99 Å². The van der Waals surface area contributed by atoms with Crippen molar-refractivity contribution in [3.8, 4) is 0 Å². The van der Waals surface area contributed by atoms with Crippen molar-refractivity contribution in [2.24, 2.45) is 4.99 Å². The molecular weight excluding hydrogens is 435 g/mol. The van der Waals surface area contributed by atoms with Gasteiger partial charge in [0.1, 0.15) is 9.84 Å². The maximum absolute atomic E-state index is 11.6. The zero-order valence-corrected chi connectivity index (χ0v) is 17.1. The molecule has 0 bridgehead atoms. The minimum absolute atomic E-state index is 0. The lowest BCUT2D eigenvalue weighted by Gasteiger charge is -2.35. The first-order valence-electron chi connectivity index (χ1n) is 7.42. The predicted octanol–water partition coefficient (Wildman–Crippen LogP) is 0.389. The molecule has 1 aliphatic heterocycles. The summed E-state index contributed by atoms with van der Waals surface area (Å²) in [6.45, 7) is 5.23. The van der Waals surface area contributed by atoms with Crippen LogP contribution in [-0.4, -0.2) is 88.7 Å². The molecule has 1 heterocycles. The normalized spacial score (nSPS) is 15.9. The first-order valence-corrected chi connectivity index (χ1v) is 9.48. The lowest BCUT2D eigenvalue weighted by atomic mass is 10.3. The zero-order chi connectivity index (χ0) is 16.6. The largest absolute Gasteiger partial charge is 0.450 e. The van der Waals surface area contributed by atoms with Gasteiger partial charge in [-0.1, -0.05) is 0 Å². The number of piperazine rings is 1. The molecule has 1 aliphatic rings. The van der Waals surface area contributed by atoms with Gasteiger partial charge in [0.15, 0.2) is 5.96 Å². The minimum atomic E-state index is -2.93. The molecule has 10 heteroatoms. The highest BCUT2D eigenvalue weighted by molar-refractivity contribution is 14.0. The second kappa shape index (κ2) is 10.9. The van der Waals surface area contributed by atoms with E-state index in [2.05, 4.69) is 15.2 Å². The Morgan fingerprint density at radius 2 is 1.78 bits per heavy atom. The number of carbonyl (C=O) groups is 1. The Hall–Kier alpha value is -0.780. The Labute approximate surface area is 155 Å². The van der Waals surface area contributed by atoms with E-state index in [4.69, 9.17) is 4.74 Å². The molecule has 0 aromatic rings. The van der Waals surface area contributed by atoms with E-state index in [9.17, 15) is 13.2 Å². The van der Waals surface area contributed by atoms with Crippen molar-refractivity contribution < 1.29 is 17.9 Å². The van der Waals surface area contributed by atoms with Crippen LogP contribution >= 0.6 is 24.0 Å². The fourth-order valence-corrected chi connectivity index (χ4v) is 2.85. The standard InChI is InChI=1S/C13H26N4O4S.HI/c1-4-21-13(18)17-9-7-16(8-10-17)12(14-2)15-6-5-11-22(3,19)20;/h4-11H2,1-3H3,(H,14,15);1H. The van der Waals surface area contributed by atoms with E-state index in [-0.39, 0.29) is 35.8 Å². The first-order chi connectivity index (χ1) is 10.4. The lowest BCUT2D eigenvalue weighted by molar-refractivity contribution is 0.0915. The molecule has 0 saturated carbocycles. The molecule has 1 saturated heterocycles. The van der Waals surface area contributed by atoms with E-state index in [0.29, 0.717) is 45.8 Å². The quantitative estimate of drug-likeness (QED) is 0.275. The Morgan fingerprint density at radius 3 is 2.26 bits per heavy atom. The molecule has 0 unspecified atom stereocenters. The number of nitrogens with zero attached hydrogens (tertiary/aromatic N) is 3. The van der Waals surface area contributed by atoms with E-state index < -0.39 is 9.84 Å². The third-order valence-corrected chi connectivity index (χ3v) is 4.32. The molecular formula is C13H27IN4O4S. The maximum Gasteiger partial charge on any atom is 0.409 e. The molecule has 1 fully saturated rings. The lowest BCUT2D eigenvalue weighted by Crippen LogP contribution is -2.54. The van der Waals surface area contributed by atoms with Crippen LogP contribution in [0.15, 0.2) is 4.99 Å². The monoisotopic (exact) mass is 462 g/mol. The minimum Gasteiger partial charge on any atom is -0.450 e. The number of hydrogen-bond acceptors (Lipinski definition) is 5. The van der Waals surface area contributed by atoms with Crippen LogP contribution in [-0.2, 0) is 14.6 Å². The van der Waals surface area contributed by atoms with Gasteiger partial charge in [-0.25, -0.2) is 13.2 Å². The molecule has 1 rings (SSSR count). The predicted molar refractivity (Wildman–Crippen MR) is 101 cm³/mol. The summed E-state index contributed by atoms with van der Waals surface area (Å²) in [5.74, 6) is 0.894. The summed E-state index contributed by atoms with van der Waals surface area (Å²) < 4.78 is 27.1. The number of guanidine groups is 1. The molecule has 23 heavy (non-hydrogen) atoms. The Balaban J connectivity index is 0.00000484. The number of aliphatic imine (C=N–C) groups is 1. The van der Waals surface area contributed by atoms with Crippen molar-refractivity contribution in [3.05, 3.63) is 0 Å². The Bertz CT molecular complexity index is 490. The van der Waals surface area contributed by atoms with Crippen LogP contribution < -0.4 is 5.32 Å². The smallest absolute Gasteiger partial charge is 0.409 e. The van der Waals surface area contributed by atoms with E-state index >= 15 is 0 Å². The van der Waals surface area contributed by atoms with Crippen LogP contribution in [0.25, 0.3) is 0 Å². The number of sulfone groups is 1. The van der Waals surface area contributed by atoms with Gasteiger partial charge < -0.3 is 19.9 Å². The number of hydrogen-bond donors (Lipinski definition) is 1. The van der Waals surface area contributed by atoms with E-state index in [1.807, 2.05) is 0 Å². The fourth-order valence-electron chi connectivity index (χ4n) is 2.18. The zero-order valence-electron chi connectivity index (χ0n) is 13.9. The van der Waals surface area contributed by atoms with Crippen LogP contribution in [0.1, 0.15) is 13.3 Å². The van der Waals surface area contributed by atoms with Gasteiger partial charge in [-0.05, 0) is 13.3 Å². The van der Waals surface area contributed by atoms with Gasteiger partial charge in [0.25, 0.3) is 0 Å². The molecule has 0 spiro atoms. The molecule has 0 aliphatic carbocycles. The highest BCUT2D eigenvalue weighted by Crippen LogP contribution is 2.04. The third-order valence-electron chi connectivity index (χ3n) is 3.29. The summed E-state index contributed by atoms with van der Waals surface area (Å²) in [4.78, 5) is 19.6. The highest BCUT2D eigenvalue weighted by Gasteiger charge is 2.23. The SMILES string of the molecule is CCOC(=O)N1CCN(C(=NC)NCCCS(C)(=O)=O)CC1.I. The Morgan fingerprint density at radius 1 is 1.22 bits per heavy atom. The molecule has 0 aromatic heterocycles. The van der Waals surface area contributed by atoms with E-state index in [1.54, 1.807) is 18.9 Å². The van der Waals surface area contributed by atoms with Crippen LogP contribution in [0.3, 0.4) is 0 Å². The second-order valence-corrected chi connectivity index (χ2v) is 7.39. The number of nitrogens with one attached hydrogen (secondary N) is 1. The number of carbonyl (C=O) groups excluding carboxylic acids is 1. The van der Waals surface area contributed by atoms with Gasteiger partial charge in [-0.2, -0.15) is 0 Å². The molecule has 136 valence electrons. The van der Waals surface area contributed by atoms with Crippen LogP contribution in [0.2, 0.25) is 0 Å². The number of rotatable bonds is 5. The summed E-state index contributed by atoms with van der Waals surface area (Å²) in [6.07, 6.45) is 1.50. The molecule has 1 N–H and O–H groups in total. The molecule has 0 radical (unpaired) electrons. The van der Waals surface area contributed by atoms with Crippen molar-refractivity contribution >= 4 is 45.9 Å². The number of amides is 1. The highest BCUT2D eigenvalue weighted by atomic mass is 127. The van der Waals surface area contributed by atoms with Crippen LogP contribution in [0, 0.1) is 0 Å². The van der Waals surface area contributed by atoms with Crippen molar-refractivity contribution in [2.75, 3.05) is 58.4 Å². The number of ether oxygens (including phenoxy) is 1. The van der Waals surface area contributed by atoms with Gasteiger partial charge in [0.05, 0.1) is 12.4 Å². The average Bonchev–Trinajstić information content (AvgIpc) is 2.47. The van der Waals surface area contributed by atoms with E-state index in [1.165, 1.54) is 6.26 Å². The molecule has 1 amide bonds. The van der Waals surface area contributed by atoms with Crippen molar-refractivity contribution in [2.45, 2.75) is 13.3 Å².